The van der Waals surface area contributed by atoms with Gasteiger partial charge in [0.15, 0.2) is 0 Å². The molecule has 0 saturated carbocycles. The quantitative estimate of drug-likeness (QED) is 0.793. The molecule has 0 radical (unpaired) electrons. The van der Waals surface area contributed by atoms with E-state index in [1.165, 1.54) is 18.3 Å². The summed E-state index contributed by atoms with van der Waals surface area (Å²) in [6.07, 6.45) is 3.10. The molecule has 1 aromatic carbocycles. The van der Waals surface area contributed by atoms with Gasteiger partial charge in [-0.2, -0.15) is 0 Å². The Hall–Kier alpha value is -3.03. The van der Waals surface area contributed by atoms with E-state index < -0.39 is 17.3 Å². The lowest BCUT2D eigenvalue weighted by atomic mass is 10.2. The zero-order chi connectivity index (χ0) is 15.0. The minimum atomic E-state index is -1.42. The summed E-state index contributed by atoms with van der Waals surface area (Å²) in [5.41, 5.74) is -0.242. The number of aryl methyl sites for hydroxylation is 1. The third kappa shape index (κ3) is 2.16. The molecule has 0 aliphatic carbocycles. The average molecular weight is 288 g/mol. The van der Waals surface area contributed by atoms with E-state index in [0.717, 1.165) is 6.07 Å². The summed E-state index contributed by atoms with van der Waals surface area (Å²) in [6.45, 7) is 1.74. The van der Waals surface area contributed by atoms with Crippen molar-refractivity contribution in [3.05, 3.63) is 47.8 Å². The van der Waals surface area contributed by atoms with E-state index in [1.807, 2.05) is 0 Å². The van der Waals surface area contributed by atoms with Crippen LogP contribution in [0.5, 0.6) is 11.6 Å². The molecule has 0 unspecified atom stereocenters. The van der Waals surface area contributed by atoms with Crippen LogP contribution in [-0.4, -0.2) is 30.7 Å². The minimum absolute atomic E-state index is 0.0474. The normalized spacial score (nSPS) is 10.8. The lowest BCUT2D eigenvalue weighted by Crippen LogP contribution is -2.04. The number of nitrogens with zero attached hydrogens (tertiary/aromatic N) is 4. The molecule has 0 aliphatic heterocycles. The van der Waals surface area contributed by atoms with Gasteiger partial charge in [-0.1, -0.05) is 6.07 Å². The number of carboxylic acid groups (broad SMARTS) is 1. The molecule has 0 saturated heterocycles. The molecule has 21 heavy (non-hydrogen) atoms. The number of hydrogen-bond donors (Lipinski definition) is 1. The van der Waals surface area contributed by atoms with Crippen LogP contribution in [0, 0.1) is 12.7 Å². The number of fused-ring (bicyclic) bond motifs is 1. The Morgan fingerprint density at radius 3 is 2.95 bits per heavy atom. The minimum Gasteiger partial charge on any atom is -0.477 e. The highest BCUT2D eigenvalue weighted by molar-refractivity contribution is 5.91. The second kappa shape index (κ2) is 4.82. The second-order valence-electron chi connectivity index (χ2n) is 4.19. The first-order valence-electron chi connectivity index (χ1n) is 5.94. The van der Waals surface area contributed by atoms with Crippen LogP contribution in [0.1, 0.15) is 16.2 Å². The van der Waals surface area contributed by atoms with E-state index in [1.54, 1.807) is 17.5 Å². The van der Waals surface area contributed by atoms with Gasteiger partial charge in [0.25, 0.3) is 5.88 Å². The van der Waals surface area contributed by atoms with Crippen LogP contribution < -0.4 is 4.74 Å². The number of benzene rings is 1. The fraction of sp³-hybridized carbons (Fsp3) is 0.0769. The Kier molecular flexibility index (Phi) is 2.98. The van der Waals surface area contributed by atoms with Crippen LogP contribution in [0.3, 0.4) is 0 Å². The van der Waals surface area contributed by atoms with Crippen molar-refractivity contribution in [3.63, 3.8) is 0 Å². The molecule has 3 rings (SSSR count). The van der Waals surface area contributed by atoms with Gasteiger partial charge in [-0.25, -0.2) is 14.2 Å². The molecule has 8 heteroatoms. The standard InChI is InChI=1S/C13H9FN4O3/c1-7-16-17-11-12(15-5-6-18(7)11)21-9-4-2-3-8(14)10(9)13(19)20/h2-6H,1H3,(H,19,20). The van der Waals surface area contributed by atoms with E-state index in [2.05, 4.69) is 15.2 Å². The highest BCUT2D eigenvalue weighted by Crippen LogP contribution is 2.28. The van der Waals surface area contributed by atoms with Crippen molar-refractivity contribution in [1.82, 2.24) is 19.6 Å². The molecule has 0 bridgehead atoms. The Labute approximate surface area is 117 Å². The first-order chi connectivity index (χ1) is 10.1. The predicted molar refractivity (Wildman–Crippen MR) is 69.0 cm³/mol. The van der Waals surface area contributed by atoms with Crippen LogP contribution in [0.25, 0.3) is 5.65 Å². The molecule has 2 heterocycles. The van der Waals surface area contributed by atoms with E-state index in [-0.39, 0.29) is 11.6 Å². The second-order valence-corrected chi connectivity index (χ2v) is 4.19. The fourth-order valence-corrected chi connectivity index (χ4v) is 1.89. The molecule has 0 spiro atoms. The van der Waals surface area contributed by atoms with Crippen molar-refractivity contribution in [2.75, 3.05) is 0 Å². The van der Waals surface area contributed by atoms with Crippen LogP contribution >= 0.6 is 0 Å². The SMILES string of the molecule is Cc1nnc2c(Oc3cccc(F)c3C(=O)O)nccn12. The van der Waals surface area contributed by atoms with Gasteiger partial charge >= 0.3 is 5.97 Å². The van der Waals surface area contributed by atoms with E-state index >= 15 is 0 Å². The maximum absolute atomic E-state index is 13.6. The molecule has 0 fully saturated rings. The maximum atomic E-state index is 13.6. The zero-order valence-corrected chi connectivity index (χ0v) is 10.8. The number of hydrogen-bond acceptors (Lipinski definition) is 5. The summed E-state index contributed by atoms with van der Waals surface area (Å²) in [5.74, 6) is -1.79. The van der Waals surface area contributed by atoms with Crippen LogP contribution in [0.15, 0.2) is 30.6 Å². The molecule has 3 aromatic rings. The van der Waals surface area contributed by atoms with Gasteiger partial charge in [0.05, 0.1) is 0 Å². The third-order valence-electron chi connectivity index (χ3n) is 2.86. The maximum Gasteiger partial charge on any atom is 0.342 e. The van der Waals surface area contributed by atoms with E-state index in [0.29, 0.717) is 11.5 Å². The van der Waals surface area contributed by atoms with Gasteiger partial charge in [0.1, 0.15) is 23.0 Å². The first kappa shape index (κ1) is 13.0. The number of aromatic carboxylic acids is 1. The molecule has 7 nitrogen and oxygen atoms in total. The molecule has 0 amide bonds. The van der Waals surface area contributed by atoms with Gasteiger partial charge in [-0.3, -0.25) is 4.40 Å². The summed E-state index contributed by atoms with van der Waals surface area (Å²) in [7, 11) is 0. The van der Waals surface area contributed by atoms with Gasteiger partial charge in [-0.05, 0) is 19.1 Å². The molecular formula is C13H9FN4O3. The highest BCUT2D eigenvalue weighted by Gasteiger charge is 2.19. The Morgan fingerprint density at radius 2 is 2.19 bits per heavy atom. The molecule has 0 atom stereocenters. The summed E-state index contributed by atoms with van der Waals surface area (Å²) in [4.78, 5) is 15.1. The van der Waals surface area contributed by atoms with Gasteiger partial charge < -0.3 is 9.84 Å². The molecule has 0 aliphatic rings. The van der Waals surface area contributed by atoms with Gasteiger partial charge in [0, 0.05) is 12.4 Å². The summed E-state index contributed by atoms with van der Waals surface area (Å²) < 4.78 is 20.7. The molecule has 1 N–H and O–H groups in total. The lowest BCUT2D eigenvalue weighted by Gasteiger charge is -2.08. The van der Waals surface area contributed by atoms with Crippen molar-refractivity contribution in [3.8, 4) is 11.6 Å². The Balaban J connectivity index is 2.11. The largest absolute Gasteiger partial charge is 0.477 e. The van der Waals surface area contributed by atoms with Crippen LogP contribution in [-0.2, 0) is 0 Å². The molecular weight excluding hydrogens is 279 g/mol. The average Bonchev–Trinajstić information content (AvgIpc) is 2.81. The molecule has 106 valence electrons. The highest BCUT2D eigenvalue weighted by atomic mass is 19.1. The summed E-state index contributed by atoms with van der Waals surface area (Å²) >= 11 is 0. The monoisotopic (exact) mass is 288 g/mol. The number of halogens is 1. The number of aromatic nitrogens is 4. The Morgan fingerprint density at radius 1 is 1.38 bits per heavy atom. The van der Waals surface area contributed by atoms with Crippen LogP contribution in [0.4, 0.5) is 4.39 Å². The molecule has 2 aromatic heterocycles. The first-order valence-corrected chi connectivity index (χ1v) is 5.94. The topological polar surface area (TPSA) is 89.6 Å². The number of rotatable bonds is 3. The van der Waals surface area contributed by atoms with Gasteiger partial charge in [0.2, 0.25) is 5.65 Å². The Bertz CT molecular complexity index is 847. The van der Waals surface area contributed by atoms with Crippen molar-refractivity contribution >= 4 is 11.6 Å². The zero-order valence-electron chi connectivity index (χ0n) is 10.8. The van der Waals surface area contributed by atoms with Crippen LogP contribution in [0.2, 0.25) is 0 Å². The smallest absolute Gasteiger partial charge is 0.342 e. The number of carbonyl (C=O) groups is 1. The van der Waals surface area contributed by atoms with E-state index in [9.17, 15) is 9.18 Å². The third-order valence-corrected chi connectivity index (χ3v) is 2.86. The predicted octanol–water partition coefficient (Wildman–Crippen LogP) is 2.06. The number of ether oxygens (including phenoxy) is 1. The van der Waals surface area contributed by atoms with Crippen molar-refractivity contribution < 1.29 is 19.0 Å². The van der Waals surface area contributed by atoms with Crippen molar-refractivity contribution in [1.29, 1.82) is 0 Å². The summed E-state index contributed by atoms with van der Waals surface area (Å²) in [6, 6.07) is 3.75. The van der Waals surface area contributed by atoms with E-state index in [4.69, 9.17) is 9.84 Å². The van der Waals surface area contributed by atoms with Gasteiger partial charge in [-0.15, -0.1) is 10.2 Å². The summed E-state index contributed by atoms with van der Waals surface area (Å²) in [5, 5.41) is 16.8. The fourth-order valence-electron chi connectivity index (χ4n) is 1.89. The van der Waals surface area contributed by atoms with Crippen molar-refractivity contribution in [2.24, 2.45) is 0 Å². The van der Waals surface area contributed by atoms with Crippen molar-refractivity contribution in [2.45, 2.75) is 6.92 Å². The number of carboxylic acids is 1. The lowest BCUT2D eigenvalue weighted by molar-refractivity contribution is 0.0689.